The van der Waals surface area contributed by atoms with Crippen LogP contribution in [0.15, 0.2) is 48.5 Å². The lowest BCUT2D eigenvalue weighted by Crippen LogP contribution is -2.54. The van der Waals surface area contributed by atoms with E-state index in [2.05, 4.69) is 36.0 Å². The number of benzene rings is 2. The zero-order valence-corrected chi connectivity index (χ0v) is 18.8. The van der Waals surface area contributed by atoms with E-state index in [0.29, 0.717) is 25.5 Å². The molecule has 3 rings (SSSR count). The number of nitrogens with zero attached hydrogens (tertiary/aromatic N) is 2. The SMILES string of the molecule is CC(C)COc1ccc(CNC(=O)[C@H](Cc2ccc(F)cc2)N2CCN(C)CC2)cc1. The molecule has 0 aromatic heterocycles. The Morgan fingerprint density at radius 3 is 2.23 bits per heavy atom. The summed E-state index contributed by atoms with van der Waals surface area (Å²) in [5.41, 5.74) is 2.00. The van der Waals surface area contributed by atoms with Crippen molar-refractivity contribution in [1.29, 1.82) is 0 Å². The first-order valence-corrected chi connectivity index (χ1v) is 11.1. The van der Waals surface area contributed by atoms with E-state index < -0.39 is 0 Å². The number of likely N-dealkylation sites (N-methyl/N-ethyl adjacent to an activating group) is 1. The van der Waals surface area contributed by atoms with Crippen LogP contribution >= 0.6 is 0 Å². The number of rotatable bonds is 9. The van der Waals surface area contributed by atoms with Crippen molar-refractivity contribution in [2.75, 3.05) is 39.8 Å². The Morgan fingerprint density at radius 2 is 1.61 bits per heavy atom. The van der Waals surface area contributed by atoms with Crippen LogP contribution in [0.1, 0.15) is 25.0 Å². The van der Waals surface area contributed by atoms with Crippen LogP contribution in [-0.2, 0) is 17.8 Å². The average Bonchev–Trinajstić information content (AvgIpc) is 2.77. The molecule has 0 unspecified atom stereocenters. The van der Waals surface area contributed by atoms with Crippen molar-refractivity contribution < 1.29 is 13.9 Å². The third-order valence-corrected chi connectivity index (χ3v) is 5.60. The molecule has 0 saturated carbocycles. The number of piperazine rings is 1. The van der Waals surface area contributed by atoms with Gasteiger partial charge in [0.15, 0.2) is 0 Å². The Balaban J connectivity index is 1.61. The van der Waals surface area contributed by atoms with Crippen LogP contribution in [0.25, 0.3) is 0 Å². The van der Waals surface area contributed by atoms with E-state index in [0.717, 1.165) is 43.1 Å². The van der Waals surface area contributed by atoms with E-state index >= 15 is 0 Å². The van der Waals surface area contributed by atoms with Crippen molar-refractivity contribution in [3.05, 3.63) is 65.5 Å². The molecule has 1 fully saturated rings. The standard InChI is InChI=1S/C25H34FN3O2/c1-19(2)18-31-23-10-6-21(7-11-23)17-27-25(30)24(29-14-12-28(3)13-15-29)16-20-4-8-22(26)9-5-20/h4-11,19,24H,12-18H2,1-3H3,(H,27,30)/t24-/m0/s1. The summed E-state index contributed by atoms with van der Waals surface area (Å²) in [5, 5.41) is 3.10. The van der Waals surface area contributed by atoms with Gasteiger partial charge in [0.05, 0.1) is 12.6 Å². The number of amides is 1. The van der Waals surface area contributed by atoms with E-state index in [-0.39, 0.29) is 17.8 Å². The van der Waals surface area contributed by atoms with E-state index in [1.54, 1.807) is 12.1 Å². The van der Waals surface area contributed by atoms with Crippen molar-refractivity contribution in [3.8, 4) is 5.75 Å². The summed E-state index contributed by atoms with van der Waals surface area (Å²) in [4.78, 5) is 17.7. The van der Waals surface area contributed by atoms with Crippen molar-refractivity contribution in [2.45, 2.75) is 32.9 Å². The first kappa shape index (κ1) is 23.2. The first-order chi connectivity index (χ1) is 14.9. The maximum Gasteiger partial charge on any atom is 0.237 e. The predicted molar refractivity (Wildman–Crippen MR) is 122 cm³/mol. The summed E-state index contributed by atoms with van der Waals surface area (Å²) in [6, 6.07) is 14.0. The highest BCUT2D eigenvalue weighted by Crippen LogP contribution is 2.15. The van der Waals surface area contributed by atoms with Gasteiger partial charge in [-0.05, 0) is 54.8 Å². The van der Waals surface area contributed by atoms with Crippen LogP contribution < -0.4 is 10.1 Å². The minimum Gasteiger partial charge on any atom is -0.493 e. The van der Waals surface area contributed by atoms with Gasteiger partial charge in [0, 0.05) is 32.7 Å². The quantitative estimate of drug-likeness (QED) is 0.667. The second-order valence-corrected chi connectivity index (χ2v) is 8.75. The van der Waals surface area contributed by atoms with Crippen LogP contribution in [0.5, 0.6) is 5.75 Å². The van der Waals surface area contributed by atoms with E-state index in [1.807, 2.05) is 24.3 Å². The van der Waals surface area contributed by atoms with Gasteiger partial charge >= 0.3 is 0 Å². The molecule has 0 aliphatic carbocycles. The molecule has 0 radical (unpaired) electrons. The number of nitrogens with one attached hydrogen (secondary N) is 1. The predicted octanol–water partition coefficient (Wildman–Crippen LogP) is 3.34. The van der Waals surface area contributed by atoms with Crippen molar-refractivity contribution in [3.63, 3.8) is 0 Å². The minimum atomic E-state index is -0.271. The van der Waals surface area contributed by atoms with Crippen LogP contribution in [0.4, 0.5) is 4.39 Å². The molecule has 1 heterocycles. The number of hydrogen-bond acceptors (Lipinski definition) is 4. The largest absolute Gasteiger partial charge is 0.493 e. The summed E-state index contributed by atoms with van der Waals surface area (Å²) in [7, 11) is 2.10. The van der Waals surface area contributed by atoms with Crippen LogP contribution in [0.3, 0.4) is 0 Å². The zero-order valence-electron chi connectivity index (χ0n) is 18.8. The molecule has 2 aromatic rings. The van der Waals surface area contributed by atoms with Gasteiger partial charge in [-0.3, -0.25) is 9.69 Å². The maximum atomic E-state index is 13.3. The Labute approximate surface area is 185 Å². The second-order valence-electron chi connectivity index (χ2n) is 8.75. The van der Waals surface area contributed by atoms with E-state index in [9.17, 15) is 9.18 Å². The fraction of sp³-hybridized carbons (Fsp3) is 0.480. The topological polar surface area (TPSA) is 44.8 Å². The van der Waals surface area contributed by atoms with Crippen molar-refractivity contribution in [2.24, 2.45) is 5.92 Å². The summed E-state index contributed by atoms with van der Waals surface area (Å²) in [6.07, 6.45) is 0.567. The molecule has 168 valence electrons. The smallest absolute Gasteiger partial charge is 0.237 e. The normalized spacial score (nSPS) is 16.3. The zero-order chi connectivity index (χ0) is 22.2. The van der Waals surface area contributed by atoms with Crippen LogP contribution in [0, 0.1) is 11.7 Å². The van der Waals surface area contributed by atoms with Gasteiger partial charge in [0.25, 0.3) is 0 Å². The number of ether oxygens (including phenoxy) is 1. The van der Waals surface area contributed by atoms with Crippen molar-refractivity contribution in [1.82, 2.24) is 15.1 Å². The lowest BCUT2D eigenvalue weighted by molar-refractivity contribution is -0.127. The molecule has 31 heavy (non-hydrogen) atoms. The molecule has 1 atom stereocenters. The highest BCUT2D eigenvalue weighted by atomic mass is 19.1. The van der Waals surface area contributed by atoms with Crippen LogP contribution in [0.2, 0.25) is 0 Å². The molecule has 1 saturated heterocycles. The van der Waals surface area contributed by atoms with Gasteiger partial charge in [-0.1, -0.05) is 38.1 Å². The summed E-state index contributed by atoms with van der Waals surface area (Å²) in [6.45, 7) is 8.95. The third-order valence-electron chi connectivity index (χ3n) is 5.60. The van der Waals surface area contributed by atoms with Gasteiger partial charge in [-0.2, -0.15) is 0 Å². The number of carbonyl (C=O) groups is 1. The van der Waals surface area contributed by atoms with Crippen molar-refractivity contribution >= 4 is 5.91 Å². The first-order valence-electron chi connectivity index (χ1n) is 11.1. The molecule has 5 nitrogen and oxygen atoms in total. The molecule has 0 bridgehead atoms. The van der Waals surface area contributed by atoms with Gasteiger partial charge in [0.2, 0.25) is 5.91 Å². The minimum absolute atomic E-state index is 0.00834. The molecule has 6 heteroatoms. The van der Waals surface area contributed by atoms with Gasteiger partial charge in [0.1, 0.15) is 11.6 Å². The van der Waals surface area contributed by atoms with E-state index in [4.69, 9.17) is 4.74 Å². The molecule has 1 N–H and O–H groups in total. The Bertz CT molecular complexity index is 816. The number of hydrogen-bond donors (Lipinski definition) is 1. The fourth-order valence-corrected chi connectivity index (χ4v) is 3.64. The molecule has 1 aliphatic heterocycles. The monoisotopic (exact) mass is 427 g/mol. The van der Waals surface area contributed by atoms with Gasteiger partial charge in [-0.15, -0.1) is 0 Å². The summed E-state index contributed by atoms with van der Waals surface area (Å²) >= 11 is 0. The Morgan fingerprint density at radius 1 is 1.00 bits per heavy atom. The number of halogens is 1. The maximum absolute atomic E-state index is 13.3. The molecular weight excluding hydrogens is 393 g/mol. The molecule has 2 aromatic carbocycles. The van der Waals surface area contributed by atoms with Gasteiger partial charge in [-0.25, -0.2) is 4.39 Å². The summed E-state index contributed by atoms with van der Waals surface area (Å²) < 4.78 is 19.0. The average molecular weight is 428 g/mol. The Kier molecular flexibility index (Phi) is 8.43. The molecule has 1 amide bonds. The fourth-order valence-electron chi connectivity index (χ4n) is 3.64. The third kappa shape index (κ3) is 7.33. The molecule has 1 aliphatic rings. The Hall–Kier alpha value is -2.44. The summed E-state index contributed by atoms with van der Waals surface area (Å²) in [5.74, 6) is 1.07. The van der Waals surface area contributed by atoms with Crippen LogP contribution in [-0.4, -0.2) is 61.6 Å². The lowest BCUT2D eigenvalue weighted by atomic mass is 10.0. The number of carbonyl (C=O) groups excluding carboxylic acids is 1. The second kappa shape index (κ2) is 11.3. The highest BCUT2D eigenvalue weighted by molar-refractivity contribution is 5.82. The van der Waals surface area contributed by atoms with E-state index in [1.165, 1.54) is 12.1 Å². The van der Waals surface area contributed by atoms with Gasteiger partial charge < -0.3 is 15.0 Å². The molecule has 0 spiro atoms. The molecular formula is C25H34FN3O2. The lowest BCUT2D eigenvalue weighted by Gasteiger charge is -2.37. The highest BCUT2D eigenvalue weighted by Gasteiger charge is 2.28.